The summed E-state index contributed by atoms with van der Waals surface area (Å²) in [6.07, 6.45) is -3.92. The summed E-state index contributed by atoms with van der Waals surface area (Å²) in [5, 5.41) is 9.25. The van der Waals surface area contributed by atoms with Gasteiger partial charge in [0.15, 0.2) is 0 Å². The van der Waals surface area contributed by atoms with Crippen LogP contribution in [0.2, 0.25) is 0 Å². The summed E-state index contributed by atoms with van der Waals surface area (Å²) in [5.74, 6) is -1.40. The lowest BCUT2D eigenvalue weighted by molar-refractivity contribution is -0.180. The first-order valence-electron chi connectivity index (χ1n) is 3.02. The first-order valence-corrected chi connectivity index (χ1v) is 3.02. The number of hydrogen-bond acceptors (Lipinski definition) is 3. The van der Waals surface area contributed by atoms with Gasteiger partial charge in [-0.1, -0.05) is 0 Å². The SMILES string of the molecule is O=C(C(F)F)N1CC(O)CO1. The Morgan fingerprint density at radius 3 is 2.73 bits per heavy atom. The maximum Gasteiger partial charge on any atom is 0.317 e. The van der Waals surface area contributed by atoms with Crippen LogP contribution in [0.15, 0.2) is 0 Å². The van der Waals surface area contributed by atoms with Gasteiger partial charge in [-0.2, -0.15) is 8.78 Å². The Balaban J connectivity index is 2.43. The maximum atomic E-state index is 11.7. The number of amides is 1. The van der Waals surface area contributed by atoms with Crippen LogP contribution in [-0.2, 0) is 9.63 Å². The molecule has 1 heterocycles. The molecule has 1 aliphatic heterocycles. The van der Waals surface area contributed by atoms with Crippen LogP contribution in [0.25, 0.3) is 0 Å². The minimum absolute atomic E-state index is 0.0987. The van der Waals surface area contributed by atoms with E-state index in [1.807, 2.05) is 0 Å². The Morgan fingerprint density at radius 2 is 2.36 bits per heavy atom. The van der Waals surface area contributed by atoms with Gasteiger partial charge in [0.2, 0.25) is 0 Å². The van der Waals surface area contributed by atoms with Crippen molar-refractivity contribution in [1.29, 1.82) is 0 Å². The Morgan fingerprint density at radius 1 is 1.73 bits per heavy atom. The average Bonchev–Trinajstić information content (AvgIpc) is 2.34. The van der Waals surface area contributed by atoms with Crippen LogP contribution >= 0.6 is 0 Å². The van der Waals surface area contributed by atoms with E-state index in [2.05, 4.69) is 4.84 Å². The molecular weight excluding hydrogens is 160 g/mol. The molecule has 1 aliphatic rings. The number of carbonyl (C=O) groups excluding carboxylic acids is 1. The minimum atomic E-state index is -3.07. The fraction of sp³-hybridized carbons (Fsp3) is 0.800. The second-order valence-corrected chi connectivity index (χ2v) is 2.15. The quantitative estimate of drug-likeness (QED) is 0.566. The number of nitrogens with zero attached hydrogens (tertiary/aromatic N) is 1. The van der Waals surface area contributed by atoms with Gasteiger partial charge in [-0.25, -0.2) is 5.06 Å². The summed E-state index contributed by atoms with van der Waals surface area (Å²) in [6.45, 7) is -0.276. The Bertz CT molecular complexity index is 164. The molecular formula is C5H7F2NO3. The van der Waals surface area contributed by atoms with E-state index >= 15 is 0 Å². The topological polar surface area (TPSA) is 49.8 Å². The summed E-state index contributed by atoms with van der Waals surface area (Å²) in [5.41, 5.74) is 0. The van der Waals surface area contributed by atoms with Crippen molar-refractivity contribution in [2.45, 2.75) is 12.5 Å². The third-order valence-corrected chi connectivity index (χ3v) is 1.23. The Kier molecular flexibility index (Phi) is 2.35. The standard InChI is InChI=1S/C5H7F2NO3/c6-4(7)5(10)8-1-3(9)2-11-8/h3-4,9H,1-2H2. The monoisotopic (exact) mass is 167 g/mol. The highest BCUT2D eigenvalue weighted by molar-refractivity contribution is 5.78. The van der Waals surface area contributed by atoms with Crippen LogP contribution in [0.3, 0.4) is 0 Å². The molecule has 0 aliphatic carbocycles. The molecule has 1 atom stereocenters. The van der Waals surface area contributed by atoms with Gasteiger partial charge in [-0.05, 0) is 0 Å². The van der Waals surface area contributed by atoms with Crippen LogP contribution in [-0.4, -0.2) is 41.8 Å². The number of alkyl halides is 2. The van der Waals surface area contributed by atoms with Gasteiger partial charge in [0, 0.05) is 0 Å². The number of β-amino-alcohol motifs (C(OH)–C–C–N with tert-alkyl or cyclic N) is 1. The highest BCUT2D eigenvalue weighted by Gasteiger charge is 2.31. The van der Waals surface area contributed by atoms with E-state index < -0.39 is 18.4 Å². The molecule has 0 radical (unpaired) electrons. The molecule has 1 unspecified atom stereocenters. The Hall–Kier alpha value is -0.750. The number of carbonyl (C=O) groups is 1. The lowest BCUT2D eigenvalue weighted by atomic mass is 10.4. The van der Waals surface area contributed by atoms with Crippen molar-refractivity contribution in [3.05, 3.63) is 0 Å². The summed E-state index contributed by atoms with van der Waals surface area (Å²) in [6, 6.07) is 0. The molecule has 1 saturated heterocycles. The van der Waals surface area contributed by atoms with Gasteiger partial charge < -0.3 is 5.11 Å². The lowest BCUT2D eigenvalue weighted by Crippen LogP contribution is -2.33. The van der Waals surface area contributed by atoms with Crippen molar-refractivity contribution in [2.75, 3.05) is 13.2 Å². The number of hydroxylamine groups is 2. The molecule has 0 bridgehead atoms. The van der Waals surface area contributed by atoms with Gasteiger partial charge in [0.05, 0.1) is 6.54 Å². The van der Waals surface area contributed by atoms with Crippen LogP contribution in [0.5, 0.6) is 0 Å². The van der Waals surface area contributed by atoms with Crippen molar-refractivity contribution in [2.24, 2.45) is 0 Å². The van der Waals surface area contributed by atoms with Crippen molar-refractivity contribution in [3.63, 3.8) is 0 Å². The average molecular weight is 167 g/mol. The molecule has 4 nitrogen and oxygen atoms in total. The number of aliphatic hydroxyl groups excluding tert-OH is 1. The lowest BCUT2D eigenvalue weighted by Gasteiger charge is -2.11. The van der Waals surface area contributed by atoms with Gasteiger partial charge >= 0.3 is 12.3 Å². The second-order valence-electron chi connectivity index (χ2n) is 2.15. The van der Waals surface area contributed by atoms with Gasteiger partial charge in [-0.3, -0.25) is 9.63 Å². The van der Waals surface area contributed by atoms with E-state index in [4.69, 9.17) is 5.11 Å². The smallest absolute Gasteiger partial charge is 0.317 e. The van der Waals surface area contributed by atoms with E-state index in [1.54, 1.807) is 0 Å². The van der Waals surface area contributed by atoms with Crippen molar-refractivity contribution in [3.8, 4) is 0 Å². The zero-order valence-corrected chi connectivity index (χ0v) is 5.54. The Labute approximate surface area is 61.3 Å². The van der Waals surface area contributed by atoms with E-state index in [1.165, 1.54) is 0 Å². The second kappa shape index (κ2) is 3.10. The third-order valence-electron chi connectivity index (χ3n) is 1.23. The fourth-order valence-electron chi connectivity index (χ4n) is 0.735. The number of rotatable bonds is 1. The van der Waals surface area contributed by atoms with Gasteiger partial charge in [0.1, 0.15) is 12.7 Å². The van der Waals surface area contributed by atoms with E-state index in [-0.39, 0.29) is 13.2 Å². The number of halogens is 2. The minimum Gasteiger partial charge on any atom is -0.389 e. The van der Waals surface area contributed by atoms with Gasteiger partial charge in [0.25, 0.3) is 0 Å². The van der Waals surface area contributed by atoms with Crippen LogP contribution in [0, 0.1) is 0 Å². The van der Waals surface area contributed by atoms with E-state index in [0.717, 1.165) is 0 Å². The number of aliphatic hydroxyl groups is 1. The summed E-state index contributed by atoms with van der Waals surface area (Å²) < 4.78 is 23.3. The van der Waals surface area contributed by atoms with E-state index in [0.29, 0.717) is 5.06 Å². The third kappa shape index (κ3) is 1.84. The van der Waals surface area contributed by atoms with E-state index in [9.17, 15) is 13.6 Å². The molecule has 6 heteroatoms. The molecule has 0 aromatic heterocycles. The largest absolute Gasteiger partial charge is 0.389 e. The summed E-state index contributed by atoms with van der Waals surface area (Å²) >= 11 is 0. The molecule has 1 fully saturated rings. The predicted octanol–water partition coefficient (Wildman–Crippen LogP) is -0.614. The highest BCUT2D eigenvalue weighted by Crippen LogP contribution is 2.09. The fourth-order valence-corrected chi connectivity index (χ4v) is 0.735. The molecule has 0 aromatic carbocycles. The maximum absolute atomic E-state index is 11.7. The molecule has 1 rings (SSSR count). The number of hydrogen-bond donors (Lipinski definition) is 1. The highest BCUT2D eigenvalue weighted by atomic mass is 19.3. The zero-order chi connectivity index (χ0) is 8.43. The predicted molar refractivity (Wildman–Crippen MR) is 29.7 cm³/mol. The summed E-state index contributed by atoms with van der Waals surface area (Å²) in [7, 11) is 0. The van der Waals surface area contributed by atoms with Crippen LogP contribution < -0.4 is 0 Å². The van der Waals surface area contributed by atoms with Crippen LogP contribution in [0.4, 0.5) is 8.78 Å². The molecule has 0 spiro atoms. The van der Waals surface area contributed by atoms with Crippen molar-refractivity contribution in [1.82, 2.24) is 5.06 Å². The zero-order valence-electron chi connectivity index (χ0n) is 5.54. The molecule has 1 N–H and O–H groups in total. The normalized spacial score (nSPS) is 24.7. The van der Waals surface area contributed by atoms with Crippen LogP contribution in [0.1, 0.15) is 0 Å². The molecule has 0 saturated carbocycles. The summed E-state index contributed by atoms with van der Waals surface area (Å²) in [4.78, 5) is 14.9. The first-order chi connectivity index (χ1) is 5.11. The molecule has 11 heavy (non-hydrogen) atoms. The van der Waals surface area contributed by atoms with Gasteiger partial charge in [-0.15, -0.1) is 0 Å². The molecule has 64 valence electrons. The molecule has 1 amide bonds. The van der Waals surface area contributed by atoms with Crippen molar-refractivity contribution < 1.29 is 23.5 Å². The molecule has 0 aromatic rings. The van der Waals surface area contributed by atoms with Crippen molar-refractivity contribution >= 4 is 5.91 Å². The first kappa shape index (κ1) is 8.35.